The van der Waals surface area contributed by atoms with E-state index in [0.29, 0.717) is 18.3 Å². The molecule has 2 aromatic carbocycles. The third-order valence-electron chi connectivity index (χ3n) is 4.71. The van der Waals surface area contributed by atoms with Crippen LogP contribution in [0.5, 0.6) is 11.5 Å². The average Bonchev–Trinajstić information content (AvgIpc) is 3.23. The lowest BCUT2D eigenvalue weighted by Crippen LogP contribution is -2.39. The second kappa shape index (κ2) is 10.3. The Kier molecular flexibility index (Phi) is 7.51. The van der Waals surface area contributed by atoms with Crippen LogP contribution >= 0.6 is 12.2 Å². The summed E-state index contributed by atoms with van der Waals surface area (Å²) >= 11 is 5.74. The highest BCUT2D eigenvalue weighted by atomic mass is 32.1. The van der Waals surface area contributed by atoms with E-state index in [4.69, 9.17) is 26.4 Å². The summed E-state index contributed by atoms with van der Waals surface area (Å²) in [4.78, 5) is 2.15. The molecule has 5 nitrogen and oxygen atoms in total. The molecule has 0 bridgehead atoms. The van der Waals surface area contributed by atoms with Crippen molar-refractivity contribution in [1.29, 1.82) is 0 Å². The van der Waals surface area contributed by atoms with Crippen LogP contribution in [-0.2, 0) is 11.3 Å². The van der Waals surface area contributed by atoms with Crippen LogP contribution in [-0.4, -0.2) is 43.0 Å². The number of para-hydroxylation sites is 1. The largest absolute Gasteiger partial charge is 0.496 e. The molecule has 0 radical (unpaired) electrons. The van der Waals surface area contributed by atoms with E-state index in [-0.39, 0.29) is 6.10 Å². The standard InChI is InChI=1S/C22H28N2O3S/c1-3-26-19-12-10-18(11-13-19)23-22(28)24(16-20-8-6-14-27-20)15-17-7-4-5-9-21(17)25-2/h4-5,7,9-13,20H,3,6,8,14-16H2,1-2H3,(H,23,28). The molecule has 150 valence electrons. The molecule has 0 aromatic heterocycles. The molecule has 1 aliphatic rings. The Morgan fingerprint density at radius 1 is 1.21 bits per heavy atom. The Balaban J connectivity index is 1.72. The van der Waals surface area contributed by atoms with Crippen molar-refractivity contribution in [3.8, 4) is 11.5 Å². The molecule has 3 rings (SSSR count). The van der Waals surface area contributed by atoms with Crippen LogP contribution in [0.2, 0.25) is 0 Å². The summed E-state index contributed by atoms with van der Waals surface area (Å²) in [5, 5.41) is 4.02. The smallest absolute Gasteiger partial charge is 0.173 e. The van der Waals surface area contributed by atoms with Crippen molar-refractivity contribution in [2.75, 3.05) is 32.2 Å². The lowest BCUT2D eigenvalue weighted by atomic mass is 10.1. The SMILES string of the molecule is CCOc1ccc(NC(=S)N(Cc2ccccc2OC)CC2CCCO2)cc1. The lowest BCUT2D eigenvalue weighted by Gasteiger charge is -2.29. The maximum Gasteiger partial charge on any atom is 0.173 e. The number of methoxy groups -OCH3 is 1. The van der Waals surface area contributed by atoms with Gasteiger partial charge in [0.25, 0.3) is 0 Å². The van der Waals surface area contributed by atoms with E-state index in [2.05, 4.69) is 16.3 Å². The number of hydrogen-bond donors (Lipinski definition) is 1. The van der Waals surface area contributed by atoms with Crippen molar-refractivity contribution in [3.05, 3.63) is 54.1 Å². The van der Waals surface area contributed by atoms with Gasteiger partial charge in [0.15, 0.2) is 5.11 Å². The van der Waals surface area contributed by atoms with Gasteiger partial charge in [-0.2, -0.15) is 0 Å². The molecule has 0 amide bonds. The summed E-state index contributed by atoms with van der Waals surface area (Å²) in [5.41, 5.74) is 2.03. The van der Waals surface area contributed by atoms with E-state index in [9.17, 15) is 0 Å². The van der Waals surface area contributed by atoms with Gasteiger partial charge in [-0.05, 0) is 62.3 Å². The van der Waals surface area contributed by atoms with Crippen LogP contribution in [0.25, 0.3) is 0 Å². The highest BCUT2D eigenvalue weighted by Gasteiger charge is 2.22. The van der Waals surface area contributed by atoms with Gasteiger partial charge >= 0.3 is 0 Å². The summed E-state index contributed by atoms with van der Waals surface area (Å²) < 4.78 is 16.9. The first-order valence-corrected chi connectivity index (χ1v) is 10.1. The van der Waals surface area contributed by atoms with Crippen LogP contribution in [0, 0.1) is 0 Å². The monoisotopic (exact) mass is 400 g/mol. The van der Waals surface area contributed by atoms with Gasteiger partial charge in [0.1, 0.15) is 11.5 Å². The molecule has 0 spiro atoms. The molecular formula is C22H28N2O3S. The molecule has 2 aromatic rings. The third kappa shape index (κ3) is 5.59. The van der Waals surface area contributed by atoms with Crippen molar-refractivity contribution in [2.24, 2.45) is 0 Å². The zero-order valence-electron chi connectivity index (χ0n) is 16.5. The molecule has 1 N–H and O–H groups in total. The molecule has 1 unspecified atom stereocenters. The molecule has 1 atom stereocenters. The molecule has 1 aliphatic heterocycles. The van der Waals surface area contributed by atoms with Gasteiger partial charge in [-0.1, -0.05) is 18.2 Å². The number of rotatable bonds is 8. The molecule has 6 heteroatoms. The van der Waals surface area contributed by atoms with E-state index in [1.807, 2.05) is 49.4 Å². The van der Waals surface area contributed by atoms with Crippen molar-refractivity contribution in [3.63, 3.8) is 0 Å². The van der Waals surface area contributed by atoms with Gasteiger partial charge in [-0.15, -0.1) is 0 Å². The number of ether oxygens (including phenoxy) is 3. The predicted molar refractivity (Wildman–Crippen MR) is 116 cm³/mol. The third-order valence-corrected chi connectivity index (χ3v) is 5.07. The van der Waals surface area contributed by atoms with Crippen molar-refractivity contribution in [1.82, 2.24) is 4.90 Å². The Morgan fingerprint density at radius 2 is 2.00 bits per heavy atom. The molecule has 0 aliphatic carbocycles. The van der Waals surface area contributed by atoms with Crippen LogP contribution in [0.1, 0.15) is 25.3 Å². The summed E-state index contributed by atoms with van der Waals surface area (Å²) in [6, 6.07) is 15.9. The van der Waals surface area contributed by atoms with Crippen molar-refractivity contribution < 1.29 is 14.2 Å². The minimum absolute atomic E-state index is 0.204. The molecule has 0 saturated carbocycles. The van der Waals surface area contributed by atoms with E-state index >= 15 is 0 Å². The molecule has 1 fully saturated rings. The van der Waals surface area contributed by atoms with Crippen molar-refractivity contribution in [2.45, 2.75) is 32.4 Å². The molecule has 1 saturated heterocycles. The van der Waals surface area contributed by atoms with Gasteiger partial charge in [-0.3, -0.25) is 0 Å². The number of nitrogens with one attached hydrogen (secondary N) is 1. The fourth-order valence-corrected chi connectivity index (χ4v) is 3.55. The summed E-state index contributed by atoms with van der Waals surface area (Å²) in [6.45, 7) is 4.86. The van der Waals surface area contributed by atoms with Gasteiger partial charge in [0, 0.05) is 30.9 Å². The maximum atomic E-state index is 5.84. The topological polar surface area (TPSA) is 43.0 Å². The highest BCUT2D eigenvalue weighted by Crippen LogP contribution is 2.22. The second-order valence-corrected chi connectivity index (χ2v) is 7.10. The first-order chi connectivity index (χ1) is 13.7. The van der Waals surface area contributed by atoms with Gasteiger partial charge < -0.3 is 24.4 Å². The van der Waals surface area contributed by atoms with E-state index < -0.39 is 0 Å². The molecular weight excluding hydrogens is 372 g/mol. The van der Waals surface area contributed by atoms with Crippen LogP contribution in [0.3, 0.4) is 0 Å². The minimum atomic E-state index is 0.204. The molecule has 1 heterocycles. The van der Waals surface area contributed by atoms with Gasteiger partial charge in [-0.25, -0.2) is 0 Å². The number of hydrogen-bond acceptors (Lipinski definition) is 4. The average molecular weight is 401 g/mol. The quantitative estimate of drug-likeness (QED) is 0.660. The zero-order chi connectivity index (χ0) is 19.8. The number of benzene rings is 2. The Labute approximate surface area is 172 Å². The van der Waals surface area contributed by atoms with E-state index in [1.54, 1.807) is 7.11 Å². The normalized spacial score (nSPS) is 15.9. The van der Waals surface area contributed by atoms with Gasteiger partial charge in [0.05, 0.1) is 19.8 Å². The van der Waals surface area contributed by atoms with Gasteiger partial charge in [0.2, 0.25) is 0 Å². The van der Waals surface area contributed by atoms with Crippen LogP contribution in [0.4, 0.5) is 5.69 Å². The first-order valence-electron chi connectivity index (χ1n) is 9.72. The van der Waals surface area contributed by atoms with Crippen molar-refractivity contribution >= 4 is 23.0 Å². The number of nitrogens with zero attached hydrogens (tertiary/aromatic N) is 1. The second-order valence-electron chi connectivity index (χ2n) is 6.71. The van der Waals surface area contributed by atoms with E-state index in [0.717, 1.165) is 48.7 Å². The maximum absolute atomic E-state index is 5.84. The zero-order valence-corrected chi connectivity index (χ0v) is 17.3. The van der Waals surface area contributed by atoms with E-state index in [1.165, 1.54) is 0 Å². The Bertz CT molecular complexity index is 761. The number of anilines is 1. The molecule has 28 heavy (non-hydrogen) atoms. The Hall–Kier alpha value is -2.31. The first kappa shape index (κ1) is 20.4. The summed E-state index contributed by atoms with van der Waals surface area (Å²) in [6.07, 6.45) is 2.37. The van der Waals surface area contributed by atoms with Crippen LogP contribution < -0.4 is 14.8 Å². The summed E-state index contributed by atoms with van der Waals surface area (Å²) in [7, 11) is 1.69. The summed E-state index contributed by atoms with van der Waals surface area (Å²) in [5.74, 6) is 1.72. The fraction of sp³-hybridized carbons (Fsp3) is 0.409. The Morgan fingerprint density at radius 3 is 2.68 bits per heavy atom. The predicted octanol–water partition coefficient (Wildman–Crippen LogP) is 4.47. The number of thiocarbonyl (C=S) groups is 1. The lowest BCUT2D eigenvalue weighted by molar-refractivity contribution is 0.0903. The van der Waals surface area contributed by atoms with Crippen LogP contribution in [0.15, 0.2) is 48.5 Å². The fourth-order valence-electron chi connectivity index (χ4n) is 3.30. The highest BCUT2D eigenvalue weighted by molar-refractivity contribution is 7.80. The minimum Gasteiger partial charge on any atom is -0.496 e.